The summed E-state index contributed by atoms with van der Waals surface area (Å²) in [5.41, 5.74) is 1.68. The summed E-state index contributed by atoms with van der Waals surface area (Å²) in [5.74, 6) is 0.583. The number of nitriles is 1. The molecule has 0 fully saturated rings. The summed E-state index contributed by atoms with van der Waals surface area (Å²) < 4.78 is 11.1. The minimum Gasteiger partial charge on any atom is -0.488 e. The standard InChI is InChI=1S/C22H16Cl2N2O3/c23-16-9-8-15(20(24)12-16)14-29-21-7-2-1-6-19(21)22(27)26-17-4-3-5-18(13-17)28-11-10-25/h1-9,12-13H,11,14H2,(H,26,27). The first-order valence-corrected chi connectivity index (χ1v) is 9.39. The SMILES string of the molecule is N#CCOc1cccc(NC(=O)c2ccccc2OCc2ccc(Cl)cc2Cl)c1. The molecule has 0 radical (unpaired) electrons. The number of carbonyl (C=O) groups is 1. The Labute approximate surface area is 178 Å². The summed E-state index contributed by atoms with van der Waals surface area (Å²) in [6.07, 6.45) is 0. The molecule has 0 aliphatic rings. The molecule has 0 heterocycles. The predicted octanol–water partition coefficient (Wildman–Crippen LogP) is 5.73. The number of nitrogens with zero attached hydrogens (tertiary/aromatic N) is 1. The van der Waals surface area contributed by atoms with E-state index in [1.54, 1.807) is 66.7 Å². The van der Waals surface area contributed by atoms with Crippen LogP contribution in [0.3, 0.4) is 0 Å². The molecule has 0 saturated carbocycles. The van der Waals surface area contributed by atoms with Gasteiger partial charge in [0.2, 0.25) is 0 Å². The summed E-state index contributed by atoms with van der Waals surface area (Å²) in [4.78, 5) is 12.8. The number of benzene rings is 3. The number of para-hydroxylation sites is 1. The largest absolute Gasteiger partial charge is 0.488 e. The Balaban J connectivity index is 1.72. The highest BCUT2D eigenvalue weighted by atomic mass is 35.5. The van der Waals surface area contributed by atoms with Crippen LogP contribution in [0.5, 0.6) is 11.5 Å². The number of nitrogens with one attached hydrogen (secondary N) is 1. The first-order valence-electron chi connectivity index (χ1n) is 8.64. The van der Waals surface area contributed by atoms with Gasteiger partial charge in [0.25, 0.3) is 5.91 Å². The van der Waals surface area contributed by atoms with E-state index >= 15 is 0 Å². The Bertz CT molecular complexity index is 1060. The van der Waals surface area contributed by atoms with Gasteiger partial charge in [-0.1, -0.05) is 47.5 Å². The number of hydrogen-bond acceptors (Lipinski definition) is 4. The van der Waals surface area contributed by atoms with Crippen molar-refractivity contribution in [1.29, 1.82) is 5.26 Å². The summed E-state index contributed by atoms with van der Waals surface area (Å²) in [5, 5.41) is 12.5. The molecule has 0 aliphatic carbocycles. The Morgan fingerprint density at radius 3 is 2.62 bits per heavy atom. The topological polar surface area (TPSA) is 71.3 Å². The molecule has 1 amide bonds. The Morgan fingerprint density at radius 2 is 1.83 bits per heavy atom. The summed E-state index contributed by atoms with van der Waals surface area (Å²) in [7, 11) is 0. The van der Waals surface area contributed by atoms with Gasteiger partial charge in [0.15, 0.2) is 6.61 Å². The van der Waals surface area contributed by atoms with Gasteiger partial charge in [-0.2, -0.15) is 5.26 Å². The minimum absolute atomic E-state index is 0.0681. The van der Waals surface area contributed by atoms with Crippen LogP contribution in [0.25, 0.3) is 0 Å². The highest BCUT2D eigenvalue weighted by molar-refractivity contribution is 6.35. The number of anilines is 1. The van der Waals surface area contributed by atoms with Gasteiger partial charge in [0.05, 0.1) is 5.56 Å². The van der Waals surface area contributed by atoms with Crippen LogP contribution in [0, 0.1) is 11.3 Å². The van der Waals surface area contributed by atoms with Crippen molar-refractivity contribution < 1.29 is 14.3 Å². The minimum atomic E-state index is -0.333. The number of carbonyl (C=O) groups excluding carboxylic acids is 1. The van der Waals surface area contributed by atoms with E-state index in [1.165, 1.54) is 0 Å². The van der Waals surface area contributed by atoms with Crippen molar-refractivity contribution in [1.82, 2.24) is 0 Å². The second kappa shape index (κ2) is 9.83. The molecule has 3 rings (SSSR count). The number of hydrogen-bond donors (Lipinski definition) is 1. The highest BCUT2D eigenvalue weighted by Crippen LogP contribution is 2.25. The van der Waals surface area contributed by atoms with E-state index in [4.69, 9.17) is 37.9 Å². The fourth-order valence-electron chi connectivity index (χ4n) is 2.55. The van der Waals surface area contributed by atoms with Gasteiger partial charge < -0.3 is 14.8 Å². The van der Waals surface area contributed by atoms with Crippen molar-refractivity contribution in [2.45, 2.75) is 6.61 Å². The van der Waals surface area contributed by atoms with Gasteiger partial charge in [-0.3, -0.25) is 4.79 Å². The molecule has 1 N–H and O–H groups in total. The van der Waals surface area contributed by atoms with Gasteiger partial charge in [0.1, 0.15) is 24.2 Å². The number of rotatable bonds is 7. The first kappa shape index (κ1) is 20.5. The van der Waals surface area contributed by atoms with Gasteiger partial charge in [-0.15, -0.1) is 0 Å². The van der Waals surface area contributed by atoms with E-state index in [0.29, 0.717) is 32.8 Å². The van der Waals surface area contributed by atoms with Crippen LogP contribution in [-0.2, 0) is 6.61 Å². The van der Waals surface area contributed by atoms with E-state index < -0.39 is 0 Å². The quantitative estimate of drug-likeness (QED) is 0.523. The monoisotopic (exact) mass is 426 g/mol. The van der Waals surface area contributed by atoms with Crippen LogP contribution in [-0.4, -0.2) is 12.5 Å². The molecule has 0 bridgehead atoms. The fraction of sp³-hybridized carbons (Fsp3) is 0.0909. The molecule has 0 saturated heterocycles. The maximum atomic E-state index is 12.8. The normalized spacial score (nSPS) is 10.1. The van der Waals surface area contributed by atoms with Crippen LogP contribution >= 0.6 is 23.2 Å². The van der Waals surface area contributed by atoms with Crippen LogP contribution in [0.15, 0.2) is 66.7 Å². The molecule has 146 valence electrons. The number of ether oxygens (including phenoxy) is 2. The predicted molar refractivity (Wildman–Crippen MR) is 113 cm³/mol. The third-order valence-electron chi connectivity index (χ3n) is 3.93. The van der Waals surface area contributed by atoms with Gasteiger partial charge in [0, 0.05) is 27.4 Å². The fourth-order valence-corrected chi connectivity index (χ4v) is 3.02. The Kier molecular flexibility index (Phi) is 6.96. The van der Waals surface area contributed by atoms with E-state index in [9.17, 15) is 4.79 Å². The van der Waals surface area contributed by atoms with Crippen LogP contribution in [0.2, 0.25) is 10.0 Å². The lowest BCUT2D eigenvalue weighted by atomic mass is 10.1. The number of halogens is 2. The van der Waals surface area contributed by atoms with Gasteiger partial charge in [-0.05, 0) is 36.4 Å². The van der Waals surface area contributed by atoms with Crippen molar-refractivity contribution in [3.63, 3.8) is 0 Å². The molecular formula is C22H16Cl2N2O3. The van der Waals surface area contributed by atoms with Crippen molar-refractivity contribution in [3.8, 4) is 17.6 Å². The lowest BCUT2D eigenvalue weighted by molar-refractivity contribution is 0.102. The maximum Gasteiger partial charge on any atom is 0.259 e. The Hall–Kier alpha value is -3.20. The molecule has 29 heavy (non-hydrogen) atoms. The van der Waals surface area contributed by atoms with Crippen molar-refractivity contribution >= 4 is 34.8 Å². The smallest absolute Gasteiger partial charge is 0.259 e. The third-order valence-corrected chi connectivity index (χ3v) is 4.51. The molecule has 0 atom stereocenters. The van der Waals surface area contributed by atoms with E-state index in [0.717, 1.165) is 5.56 Å². The summed E-state index contributed by atoms with van der Waals surface area (Å²) in [6.45, 7) is 0.124. The van der Waals surface area contributed by atoms with Crippen molar-refractivity contribution in [2.75, 3.05) is 11.9 Å². The lowest BCUT2D eigenvalue weighted by Gasteiger charge is -2.13. The molecule has 0 unspecified atom stereocenters. The second-order valence-electron chi connectivity index (χ2n) is 5.95. The zero-order chi connectivity index (χ0) is 20.6. The second-order valence-corrected chi connectivity index (χ2v) is 6.79. The summed E-state index contributed by atoms with van der Waals surface area (Å²) >= 11 is 12.1. The van der Waals surface area contributed by atoms with Crippen LogP contribution in [0.1, 0.15) is 15.9 Å². The first-order chi connectivity index (χ1) is 14.1. The maximum absolute atomic E-state index is 12.8. The molecule has 3 aromatic rings. The molecule has 0 aromatic heterocycles. The van der Waals surface area contributed by atoms with Gasteiger partial charge >= 0.3 is 0 Å². The average Bonchev–Trinajstić information content (AvgIpc) is 2.72. The van der Waals surface area contributed by atoms with Gasteiger partial charge in [-0.25, -0.2) is 0 Å². The number of amides is 1. The lowest BCUT2D eigenvalue weighted by Crippen LogP contribution is -2.13. The summed E-state index contributed by atoms with van der Waals surface area (Å²) in [6, 6.07) is 20.8. The van der Waals surface area contributed by atoms with E-state index in [2.05, 4.69) is 5.32 Å². The molecule has 0 aliphatic heterocycles. The molecule has 7 heteroatoms. The highest BCUT2D eigenvalue weighted by Gasteiger charge is 2.13. The molecular weight excluding hydrogens is 411 g/mol. The zero-order valence-corrected chi connectivity index (χ0v) is 16.7. The molecule has 5 nitrogen and oxygen atoms in total. The van der Waals surface area contributed by atoms with Crippen molar-refractivity contribution in [3.05, 3.63) is 87.9 Å². The zero-order valence-electron chi connectivity index (χ0n) is 15.2. The van der Waals surface area contributed by atoms with Crippen molar-refractivity contribution in [2.24, 2.45) is 0 Å². The third kappa shape index (κ3) is 5.64. The average molecular weight is 427 g/mol. The molecule has 0 spiro atoms. The van der Waals surface area contributed by atoms with E-state index in [-0.39, 0.29) is 19.1 Å². The van der Waals surface area contributed by atoms with Crippen LogP contribution in [0.4, 0.5) is 5.69 Å². The molecule has 3 aromatic carbocycles. The van der Waals surface area contributed by atoms with Crippen LogP contribution < -0.4 is 14.8 Å². The van der Waals surface area contributed by atoms with E-state index in [1.807, 2.05) is 6.07 Å². The Morgan fingerprint density at radius 1 is 1.00 bits per heavy atom.